The topological polar surface area (TPSA) is 32.8 Å². The number of rotatable bonds is 6. The van der Waals surface area contributed by atoms with Crippen molar-refractivity contribution in [1.29, 1.82) is 0 Å². The Labute approximate surface area is 155 Å². The van der Waals surface area contributed by atoms with Crippen LogP contribution in [0.3, 0.4) is 0 Å². The van der Waals surface area contributed by atoms with Gasteiger partial charge in [0.05, 0.1) is 0 Å². The molecular weight excluding hydrogens is 332 g/mol. The molecule has 1 amide bonds. The van der Waals surface area contributed by atoms with E-state index in [1.54, 1.807) is 0 Å². The summed E-state index contributed by atoms with van der Waals surface area (Å²) in [5, 5.41) is 0. The number of piperidine rings is 1. The molecule has 0 bridgehead atoms. The van der Waals surface area contributed by atoms with Crippen LogP contribution >= 0.6 is 11.8 Å². The molecule has 2 saturated heterocycles. The van der Waals surface area contributed by atoms with Crippen molar-refractivity contribution < 1.29 is 9.53 Å². The van der Waals surface area contributed by atoms with Crippen molar-refractivity contribution in [1.82, 2.24) is 9.80 Å². The van der Waals surface area contributed by atoms with Gasteiger partial charge in [0.2, 0.25) is 0 Å². The highest BCUT2D eigenvalue weighted by Gasteiger charge is 2.24. The molecule has 4 nitrogen and oxygen atoms in total. The zero-order valence-corrected chi connectivity index (χ0v) is 16.3. The van der Waals surface area contributed by atoms with Crippen LogP contribution in [0.5, 0.6) is 5.75 Å². The van der Waals surface area contributed by atoms with Crippen LogP contribution in [0.2, 0.25) is 0 Å². The number of nitrogens with zero attached hydrogens (tertiary/aromatic N) is 2. The molecule has 138 valence electrons. The van der Waals surface area contributed by atoms with Gasteiger partial charge >= 0.3 is 0 Å². The van der Waals surface area contributed by atoms with E-state index in [0.29, 0.717) is 6.04 Å². The molecule has 5 heteroatoms. The van der Waals surface area contributed by atoms with E-state index in [9.17, 15) is 4.79 Å². The number of carbonyl (C=O) groups excluding carboxylic acids is 1. The Bertz CT molecular complexity index is 549. The number of hydrogen-bond donors (Lipinski definition) is 0. The predicted octanol–water partition coefficient (Wildman–Crippen LogP) is 3.52. The Morgan fingerprint density at radius 1 is 1.16 bits per heavy atom. The minimum Gasteiger partial charge on any atom is -0.490 e. The average Bonchev–Trinajstić information content (AvgIpc) is 3.17. The number of hydrogen-bond acceptors (Lipinski definition) is 4. The van der Waals surface area contributed by atoms with Gasteiger partial charge in [-0.25, -0.2) is 0 Å². The number of carbonyl (C=O) groups is 1. The first-order valence-electron chi connectivity index (χ1n) is 9.46. The zero-order valence-electron chi connectivity index (χ0n) is 15.4. The summed E-state index contributed by atoms with van der Waals surface area (Å²) in [7, 11) is 0. The summed E-state index contributed by atoms with van der Waals surface area (Å²) in [6, 6.07) is 8.36. The van der Waals surface area contributed by atoms with Gasteiger partial charge in [-0.15, -0.1) is 0 Å². The van der Waals surface area contributed by atoms with Gasteiger partial charge in [0, 0.05) is 43.5 Å². The van der Waals surface area contributed by atoms with Gasteiger partial charge in [-0.2, -0.15) is 11.8 Å². The molecule has 2 aliphatic heterocycles. The first-order chi connectivity index (χ1) is 12.2. The van der Waals surface area contributed by atoms with E-state index in [0.717, 1.165) is 63.2 Å². The van der Waals surface area contributed by atoms with E-state index in [2.05, 4.69) is 18.1 Å². The van der Waals surface area contributed by atoms with Crippen LogP contribution in [0.4, 0.5) is 0 Å². The maximum absolute atomic E-state index is 12.4. The largest absolute Gasteiger partial charge is 0.490 e. The molecular formula is C20H30N2O2S. The average molecular weight is 363 g/mol. The molecule has 2 fully saturated rings. The predicted molar refractivity (Wildman–Crippen MR) is 105 cm³/mol. The highest BCUT2D eigenvalue weighted by atomic mass is 32.2. The Morgan fingerprint density at radius 2 is 1.80 bits per heavy atom. The van der Waals surface area contributed by atoms with E-state index < -0.39 is 0 Å². The van der Waals surface area contributed by atoms with Crippen molar-refractivity contribution in [2.75, 3.05) is 38.2 Å². The van der Waals surface area contributed by atoms with Crippen molar-refractivity contribution in [2.24, 2.45) is 0 Å². The number of benzene rings is 1. The number of likely N-dealkylation sites (tertiary alicyclic amines) is 2. The Kier molecular flexibility index (Phi) is 6.65. The normalized spacial score (nSPS) is 20.6. The lowest BCUT2D eigenvalue weighted by atomic mass is 10.1. The number of thioether (sulfide) groups is 1. The minimum absolute atomic E-state index is 0.153. The molecule has 0 aliphatic carbocycles. The summed E-state index contributed by atoms with van der Waals surface area (Å²) in [6.07, 6.45) is 6.87. The van der Waals surface area contributed by atoms with Crippen molar-refractivity contribution in [3.05, 3.63) is 29.8 Å². The first kappa shape index (κ1) is 18.6. The highest BCUT2D eigenvalue weighted by Crippen LogP contribution is 2.22. The van der Waals surface area contributed by atoms with Gasteiger partial charge in [-0.3, -0.25) is 9.69 Å². The molecule has 0 spiro atoms. The van der Waals surface area contributed by atoms with Crippen molar-refractivity contribution in [2.45, 2.75) is 44.8 Å². The van der Waals surface area contributed by atoms with Gasteiger partial charge in [0.25, 0.3) is 5.91 Å². The smallest absolute Gasteiger partial charge is 0.253 e. The van der Waals surface area contributed by atoms with Crippen LogP contribution in [-0.4, -0.2) is 66.0 Å². The molecule has 1 atom stereocenters. The fourth-order valence-electron chi connectivity index (χ4n) is 3.75. The minimum atomic E-state index is 0.153. The van der Waals surface area contributed by atoms with Gasteiger partial charge in [-0.05, 0) is 63.1 Å². The Hall–Kier alpha value is -1.20. The summed E-state index contributed by atoms with van der Waals surface area (Å²) in [5.41, 5.74) is 0.773. The van der Waals surface area contributed by atoms with E-state index in [1.807, 2.05) is 40.9 Å². The second kappa shape index (κ2) is 8.95. The molecule has 2 aliphatic rings. The summed E-state index contributed by atoms with van der Waals surface area (Å²) in [6.45, 7) is 6.32. The molecule has 0 aromatic heterocycles. The standard InChI is InChI=1S/C20H30N2O2S/c1-16(15-25-2)21-13-9-19(10-14-21)24-18-7-5-17(6-8-18)20(23)22-11-3-4-12-22/h5-8,16,19H,3-4,9-15H2,1-2H3. The monoisotopic (exact) mass is 362 g/mol. The lowest BCUT2D eigenvalue weighted by Crippen LogP contribution is -2.43. The second-order valence-corrected chi connectivity index (χ2v) is 8.09. The van der Waals surface area contributed by atoms with Crippen LogP contribution in [-0.2, 0) is 0 Å². The van der Waals surface area contributed by atoms with Crippen molar-refractivity contribution in [3.63, 3.8) is 0 Å². The lowest BCUT2D eigenvalue weighted by Gasteiger charge is -2.35. The fourth-order valence-corrected chi connectivity index (χ4v) is 4.45. The van der Waals surface area contributed by atoms with Crippen LogP contribution in [0.1, 0.15) is 43.0 Å². The maximum atomic E-state index is 12.4. The third-order valence-corrected chi connectivity index (χ3v) is 6.12. The molecule has 1 aromatic rings. The molecule has 2 heterocycles. The SMILES string of the molecule is CSCC(C)N1CCC(Oc2ccc(C(=O)N3CCCC3)cc2)CC1. The first-order valence-corrected chi connectivity index (χ1v) is 10.9. The van der Waals surface area contributed by atoms with Gasteiger partial charge in [-0.1, -0.05) is 0 Å². The Balaban J connectivity index is 1.48. The fraction of sp³-hybridized carbons (Fsp3) is 0.650. The zero-order chi connectivity index (χ0) is 17.6. The van der Waals surface area contributed by atoms with Gasteiger partial charge in [0.15, 0.2) is 0 Å². The van der Waals surface area contributed by atoms with Crippen LogP contribution in [0.25, 0.3) is 0 Å². The lowest BCUT2D eigenvalue weighted by molar-refractivity contribution is 0.0792. The third-order valence-electron chi connectivity index (χ3n) is 5.31. The Morgan fingerprint density at radius 3 is 2.40 bits per heavy atom. The molecule has 3 rings (SSSR count). The quantitative estimate of drug-likeness (QED) is 0.775. The number of amides is 1. The second-order valence-electron chi connectivity index (χ2n) is 7.18. The molecule has 25 heavy (non-hydrogen) atoms. The van der Waals surface area contributed by atoms with Crippen molar-refractivity contribution in [3.8, 4) is 5.75 Å². The molecule has 1 aromatic carbocycles. The highest BCUT2D eigenvalue weighted by molar-refractivity contribution is 7.98. The summed E-state index contributed by atoms with van der Waals surface area (Å²) >= 11 is 1.92. The van der Waals surface area contributed by atoms with E-state index in [-0.39, 0.29) is 12.0 Å². The molecule has 0 radical (unpaired) electrons. The van der Waals surface area contributed by atoms with Crippen LogP contribution in [0, 0.1) is 0 Å². The van der Waals surface area contributed by atoms with E-state index in [4.69, 9.17) is 4.74 Å². The van der Waals surface area contributed by atoms with E-state index in [1.165, 1.54) is 5.75 Å². The maximum Gasteiger partial charge on any atom is 0.253 e. The number of ether oxygens (including phenoxy) is 1. The molecule has 0 saturated carbocycles. The molecule has 0 N–H and O–H groups in total. The molecule has 1 unspecified atom stereocenters. The van der Waals surface area contributed by atoms with E-state index >= 15 is 0 Å². The third kappa shape index (κ3) is 4.91. The van der Waals surface area contributed by atoms with Crippen LogP contribution in [0.15, 0.2) is 24.3 Å². The van der Waals surface area contributed by atoms with Crippen molar-refractivity contribution >= 4 is 17.7 Å². The van der Waals surface area contributed by atoms with Gasteiger partial charge < -0.3 is 9.64 Å². The van der Waals surface area contributed by atoms with Gasteiger partial charge in [0.1, 0.15) is 11.9 Å². The summed E-state index contributed by atoms with van der Waals surface area (Å²) < 4.78 is 6.15. The van der Waals surface area contributed by atoms with Crippen LogP contribution < -0.4 is 4.74 Å². The summed E-state index contributed by atoms with van der Waals surface area (Å²) in [4.78, 5) is 16.9. The summed E-state index contributed by atoms with van der Waals surface area (Å²) in [5.74, 6) is 2.23.